The first-order valence-electron chi connectivity index (χ1n) is 7.89. The number of aliphatic carboxylic acids is 1. The Balaban J connectivity index is 1.79. The second kappa shape index (κ2) is 6.07. The number of likely N-dealkylation sites (tertiary alicyclic amines) is 1. The Hall–Kier alpha value is -2.70. The minimum atomic E-state index is -1.05. The van der Waals surface area contributed by atoms with Crippen molar-refractivity contribution in [3.63, 3.8) is 0 Å². The summed E-state index contributed by atoms with van der Waals surface area (Å²) in [5, 5.41) is 9.25. The van der Waals surface area contributed by atoms with Gasteiger partial charge in [-0.15, -0.1) is 0 Å². The molecule has 7 heteroatoms. The van der Waals surface area contributed by atoms with Crippen LogP contribution in [0, 0.1) is 6.92 Å². The number of amides is 3. The molecule has 2 aliphatic rings. The normalized spacial score (nSPS) is 20.3. The molecule has 0 aromatic heterocycles. The van der Waals surface area contributed by atoms with E-state index < -0.39 is 36.3 Å². The zero-order valence-electron chi connectivity index (χ0n) is 13.3. The van der Waals surface area contributed by atoms with Crippen LogP contribution in [-0.2, 0) is 9.59 Å². The van der Waals surface area contributed by atoms with Crippen molar-refractivity contribution < 1.29 is 24.3 Å². The molecule has 3 amide bonds. The van der Waals surface area contributed by atoms with Gasteiger partial charge < -0.3 is 10.0 Å². The SMILES string of the molecule is Cc1ccc2c(c1)C(=O)N(CC(=O)N1CCCC[C@@H]1C(=O)O)C2=O. The second-order valence-electron chi connectivity index (χ2n) is 6.18. The Morgan fingerprint density at radius 2 is 1.88 bits per heavy atom. The van der Waals surface area contributed by atoms with Crippen LogP contribution in [-0.4, -0.2) is 57.7 Å². The Morgan fingerprint density at radius 1 is 1.17 bits per heavy atom. The van der Waals surface area contributed by atoms with E-state index in [0.717, 1.165) is 23.3 Å². The first kappa shape index (κ1) is 16.2. The summed E-state index contributed by atoms with van der Waals surface area (Å²) in [6.45, 7) is 1.73. The van der Waals surface area contributed by atoms with Gasteiger partial charge in [0.05, 0.1) is 11.1 Å². The quantitative estimate of drug-likeness (QED) is 0.836. The molecular weight excluding hydrogens is 312 g/mol. The third kappa shape index (κ3) is 2.66. The molecule has 0 unspecified atom stereocenters. The molecule has 1 N–H and O–H groups in total. The van der Waals surface area contributed by atoms with Crippen LogP contribution in [0.1, 0.15) is 45.5 Å². The summed E-state index contributed by atoms with van der Waals surface area (Å²) in [6.07, 6.45) is 1.85. The average molecular weight is 330 g/mol. The number of carboxylic acids is 1. The summed E-state index contributed by atoms with van der Waals surface area (Å²) in [7, 11) is 0. The maximum absolute atomic E-state index is 12.5. The fourth-order valence-electron chi connectivity index (χ4n) is 3.26. The van der Waals surface area contributed by atoms with E-state index in [-0.39, 0.29) is 5.56 Å². The summed E-state index contributed by atoms with van der Waals surface area (Å²) < 4.78 is 0. The van der Waals surface area contributed by atoms with Gasteiger partial charge in [-0.1, -0.05) is 11.6 Å². The number of nitrogens with zero attached hydrogens (tertiary/aromatic N) is 2. The van der Waals surface area contributed by atoms with Gasteiger partial charge in [-0.2, -0.15) is 0 Å². The van der Waals surface area contributed by atoms with Gasteiger partial charge in [0.25, 0.3) is 11.8 Å². The van der Waals surface area contributed by atoms with Crippen molar-refractivity contribution in [1.29, 1.82) is 0 Å². The van der Waals surface area contributed by atoms with Gasteiger partial charge in [0.1, 0.15) is 12.6 Å². The number of fused-ring (bicyclic) bond motifs is 1. The zero-order valence-corrected chi connectivity index (χ0v) is 13.3. The molecule has 0 bridgehead atoms. The molecule has 0 saturated carbocycles. The minimum Gasteiger partial charge on any atom is -0.480 e. The number of carbonyl (C=O) groups excluding carboxylic acids is 3. The van der Waals surface area contributed by atoms with E-state index in [0.29, 0.717) is 18.5 Å². The summed E-state index contributed by atoms with van der Waals surface area (Å²) in [4.78, 5) is 50.8. The van der Waals surface area contributed by atoms with E-state index in [9.17, 15) is 24.3 Å². The van der Waals surface area contributed by atoms with E-state index in [2.05, 4.69) is 0 Å². The van der Waals surface area contributed by atoms with E-state index in [4.69, 9.17) is 0 Å². The van der Waals surface area contributed by atoms with Gasteiger partial charge in [-0.3, -0.25) is 19.3 Å². The van der Waals surface area contributed by atoms with Crippen LogP contribution in [0.25, 0.3) is 0 Å². The third-order valence-electron chi connectivity index (χ3n) is 4.53. The van der Waals surface area contributed by atoms with Crippen molar-refractivity contribution in [1.82, 2.24) is 9.80 Å². The lowest BCUT2D eigenvalue weighted by molar-refractivity contribution is -0.152. The standard InChI is InChI=1S/C17H18N2O5/c1-10-5-6-11-12(8-10)16(22)19(15(11)21)9-14(20)18-7-3-2-4-13(18)17(23)24/h5-6,8,13H,2-4,7,9H2,1H3,(H,23,24)/t13-/m1/s1. The summed E-state index contributed by atoms with van der Waals surface area (Å²) in [6, 6.07) is 4.06. The lowest BCUT2D eigenvalue weighted by Crippen LogP contribution is -2.51. The van der Waals surface area contributed by atoms with Crippen LogP contribution in [0.4, 0.5) is 0 Å². The van der Waals surface area contributed by atoms with E-state index in [1.54, 1.807) is 18.2 Å². The monoisotopic (exact) mass is 330 g/mol. The van der Waals surface area contributed by atoms with Crippen LogP contribution in [0.3, 0.4) is 0 Å². The molecule has 24 heavy (non-hydrogen) atoms. The molecule has 1 aromatic carbocycles. The van der Waals surface area contributed by atoms with E-state index in [1.165, 1.54) is 4.90 Å². The maximum Gasteiger partial charge on any atom is 0.326 e. The Morgan fingerprint density at radius 3 is 2.58 bits per heavy atom. The number of hydrogen-bond donors (Lipinski definition) is 1. The molecule has 2 heterocycles. The number of rotatable bonds is 3. The molecule has 0 radical (unpaired) electrons. The highest BCUT2D eigenvalue weighted by atomic mass is 16.4. The van der Waals surface area contributed by atoms with Gasteiger partial charge in [0.2, 0.25) is 5.91 Å². The number of carboxylic acid groups (broad SMARTS) is 1. The van der Waals surface area contributed by atoms with Crippen LogP contribution < -0.4 is 0 Å². The predicted molar refractivity (Wildman–Crippen MR) is 83.5 cm³/mol. The predicted octanol–water partition coefficient (Wildman–Crippen LogP) is 1.06. The molecule has 0 aliphatic carbocycles. The lowest BCUT2D eigenvalue weighted by Gasteiger charge is -2.33. The van der Waals surface area contributed by atoms with Crippen LogP contribution in [0.2, 0.25) is 0 Å². The minimum absolute atomic E-state index is 0.284. The Labute approximate surface area is 138 Å². The van der Waals surface area contributed by atoms with E-state index >= 15 is 0 Å². The molecule has 2 aliphatic heterocycles. The highest BCUT2D eigenvalue weighted by Gasteiger charge is 2.39. The van der Waals surface area contributed by atoms with Crippen LogP contribution in [0.5, 0.6) is 0 Å². The number of benzene rings is 1. The second-order valence-corrected chi connectivity index (χ2v) is 6.18. The molecule has 3 rings (SSSR count). The lowest BCUT2D eigenvalue weighted by atomic mass is 10.0. The average Bonchev–Trinajstić information content (AvgIpc) is 2.79. The van der Waals surface area contributed by atoms with Crippen molar-refractivity contribution in [2.45, 2.75) is 32.2 Å². The smallest absolute Gasteiger partial charge is 0.326 e. The summed E-state index contributed by atoms with van der Waals surface area (Å²) >= 11 is 0. The maximum atomic E-state index is 12.5. The van der Waals surface area contributed by atoms with Crippen molar-refractivity contribution >= 4 is 23.7 Å². The number of carbonyl (C=O) groups is 4. The topological polar surface area (TPSA) is 95.0 Å². The zero-order chi connectivity index (χ0) is 17.4. The van der Waals surface area contributed by atoms with Gasteiger partial charge in [-0.25, -0.2) is 4.79 Å². The number of imide groups is 1. The molecule has 1 aromatic rings. The first-order chi connectivity index (χ1) is 11.4. The van der Waals surface area contributed by atoms with Crippen LogP contribution in [0.15, 0.2) is 18.2 Å². The van der Waals surface area contributed by atoms with Gasteiger partial charge in [-0.05, 0) is 38.3 Å². The molecule has 7 nitrogen and oxygen atoms in total. The number of piperidine rings is 1. The molecule has 1 fully saturated rings. The highest BCUT2D eigenvalue weighted by molar-refractivity contribution is 6.22. The number of aryl methyl sites for hydroxylation is 1. The summed E-state index contributed by atoms with van der Waals surface area (Å²) in [5.74, 6) is -2.57. The van der Waals surface area contributed by atoms with Crippen molar-refractivity contribution in [2.75, 3.05) is 13.1 Å². The first-order valence-corrected chi connectivity index (χ1v) is 7.89. The Bertz CT molecular complexity index is 742. The molecule has 0 spiro atoms. The fraction of sp³-hybridized carbons (Fsp3) is 0.412. The van der Waals surface area contributed by atoms with Gasteiger partial charge in [0, 0.05) is 6.54 Å². The van der Waals surface area contributed by atoms with Crippen LogP contribution >= 0.6 is 0 Å². The highest BCUT2D eigenvalue weighted by Crippen LogP contribution is 2.25. The van der Waals surface area contributed by atoms with Gasteiger partial charge >= 0.3 is 5.97 Å². The van der Waals surface area contributed by atoms with Gasteiger partial charge in [0.15, 0.2) is 0 Å². The molecule has 126 valence electrons. The van der Waals surface area contributed by atoms with Crippen molar-refractivity contribution in [3.05, 3.63) is 34.9 Å². The third-order valence-corrected chi connectivity index (χ3v) is 4.53. The molecular formula is C17H18N2O5. The van der Waals surface area contributed by atoms with E-state index in [1.807, 2.05) is 6.92 Å². The largest absolute Gasteiger partial charge is 0.480 e. The van der Waals surface area contributed by atoms with Crippen molar-refractivity contribution in [2.24, 2.45) is 0 Å². The fourth-order valence-corrected chi connectivity index (χ4v) is 3.26. The Kier molecular flexibility index (Phi) is 4.09. The number of hydrogen-bond acceptors (Lipinski definition) is 4. The molecule has 1 saturated heterocycles. The molecule has 1 atom stereocenters. The van der Waals surface area contributed by atoms with Crippen molar-refractivity contribution in [3.8, 4) is 0 Å². The summed E-state index contributed by atoms with van der Waals surface area (Å²) in [5.41, 5.74) is 1.43.